The van der Waals surface area contributed by atoms with Crippen LogP contribution in [0.5, 0.6) is 11.5 Å². The third-order valence-corrected chi connectivity index (χ3v) is 4.85. The fourth-order valence-corrected chi connectivity index (χ4v) is 3.72. The van der Waals surface area contributed by atoms with E-state index < -0.39 is 0 Å². The van der Waals surface area contributed by atoms with Gasteiger partial charge in [-0.2, -0.15) is 0 Å². The first-order valence-electron chi connectivity index (χ1n) is 7.35. The molecule has 0 saturated carbocycles. The van der Waals surface area contributed by atoms with Gasteiger partial charge in [-0.1, -0.05) is 6.92 Å². The number of nitrogens with one attached hydrogen (secondary N) is 1. The molecule has 4 nitrogen and oxygen atoms in total. The Morgan fingerprint density at radius 3 is 2.67 bits per heavy atom. The summed E-state index contributed by atoms with van der Waals surface area (Å²) in [5, 5.41) is 3.55. The Kier molecular flexibility index (Phi) is 5.52. The van der Waals surface area contributed by atoms with Crippen LogP contribution in [-0.2, 0) is 4.74 Å². The first kappa shape index (κ1) is 16.6. The maximum absolute atomic E-state index is 6.04. The van der Waals surface area contributed by atoms with E-state index in [1.165, 1.54) is 0 Å². The monoisotopic (exact) mass is 357 g/mol. The Bertz CT molecular complexity index is 487. The third-order valence-electron chi connectivity index (χ3n) is 4.10. The van der Waals surface area contributed by atoms with Crippen molar-refractivity contribution in [2.75, 3.05) is 27.4 Å². The highest BCUT2D eigenvalue weighted by molar-refractivity contribution is 9.10. The molecule has 2 unspecified atom stereocenters. The van der Waals surface area contributed by atoms with Crippen LogP contribution >= 0.6 is 15.9 Å². The second-order valence-corrected chi connectivity index (χ2v) is 6.25. The van der Waals surface area contributed by atoms with E-state index in [4.69, 9.17) is 14.2 Å². The highest BCUT2D eigenvalue weighted by Gasteiger charge is 2.40. The molecule has 0 spiro atoms. The SMILES string of the molecule is CCNC(c1ccc(OC)c(Br)c1OC)C1(C)CCCO1. The van der Waals surface area contributed by atoms with Crippen molar-refractivity contribution in [1.82, 2.24) is 5.32 Å². The van der Waals surface area contributed by atoms with Crippen molar-refractivity contribution in [3.8, 4) is 11.5 Å². The van der Waals surface area contributed by atoms with Crippen LogP contribution in [0.3, 0.4) is 0 Å². The Balaban J connectivity index is 2.47. The van der Waals surface area contributed by atoms with E-state index in [9.17, 15) is 0 Å². The molecule has 1 aliphatic rings. The Morgan fingerprint density at radius 1 is 1.38 bits per heavy atom. The standard InChI is InChI=1S/C16H24BrNO3/c1-5-18-15(16(2)9-6-10-21-16)11-7-8-12(19-3)13(17)14(11)20-4/h7-8,15,18H,5-6,9-10H2,1-4H3. The zero-order valence-corrected chi connectivity index (χ0v) is 14.7. The van der Waals surface area contributed by atoms with Crippen LogP contribution in [0.1, 0.15) is 38.3 Å². The first-order valence-corrected chi connectivity index (χ1v) is 8.14. The first-order chi connectivity index (χ1) is 10.1. The summed E-state index contributed by atoms with van der Waals surface area (Å²) in [5.41, 5.74) is 0.883. The van der Waals surface area contributed by atoms with Gasteiger partial charge in [-0.05, 0) is 54.4 Å². The van der Waals surface area contributed by atoms with E-state index >= 15 is 0 Å². The number of halogens is 1. The smallest absolute Gasteiger partial charge is 0.141 e. The van der Waals surface area contributed by atoms with Crippen molar-refractivity contribution >= 4 is 15.9 Å². The molecule has 1 aromatic carbocycles. The lowest BCUT2D eigenvalue weighted by molar-refractivity contribution is -0.0127. The van der Waals surface area contributed by atoms with Gasteiger partial charge in [0.05, 0.1) is 25.9 Å². The molecular weight excluding hydrogens is 334 g/mol. The Morgan fingerprint density at radius 2 is 2.14 bits per heavy atom. The van der Waals surface area contributed by atoms with Gasteiger partial charge in [-0.25, -0.2) is 0 Å². The van der Waals surface area contributed by atoms with Crippen LogP contribution < -0.4 is 14.8 Å². The van der Waals surface area contributed by atoms with E-state index in [-0.39, 0.29) is 11.6 Å². The molecule has 2 atom stereocenters. The molecule has 118 valence electrons. The molecule has 1 aromatic rings. The number of likely N-dealkylation sites (N-methyl/N-ethyl adjacent to an activating group) is 1. The largest absolute Gasteiger partial charge is 0.495 e. The van der Waals surface area contributed by atoms with E-state index in [1.54, 1.807) is 14.2 Å². The minimum Gasteiger partial charge on any atom is -0.495 e. The number of rotatable bonds is 6. The summed E-state index contributed by atoms with van der Waals surface area (Å²) >= 11 is 3.58. The van der Waals surface area contributed by atoms with Crippen LogP contribution in [0.15, 0.2) is 16.6 Å². The van der Waals surface area contributed by atoms with Crippen molar-refractivity contribution in [3.63, 3.8) is 0 Å². The summed E-state index contributed by atoms with van der Waals surface area (Å²) in [6.45, 7) is 5.97. The molecule has 0 radical (unpaired) electrons. The second kappa shape index (κ2) is 6.99. The van der Waals surface area contributed by atoms with Gasteiger partial charge in [-0.3, -0.25) is 0 Å². The van der Waals surface area contributed by atoms with Crippen molar-refractivity contribution in [2.45, 2.75) is 38.3 Å². The fourth-order valence-electron chi connectivity index (χ4n) is 3.03. The molecule has 1 aliphatic heterocycles. The molecule has 2 rings (SSSR count). The predicted octanol–water partition coefficient (Wildman–Crippen LogP) is 3.69. The summed E-state index contributed by atoms with van der Waals surface area (Å²) in [6.07, 6.45) is 2.13. The lowest BCUT2D eigenvalue weighted by Gasteiger charge is -2.35. The number of methoxy groups -OCH3 is 2. The average molecular weight is 358 g/mol. The number of hydrogen-bond acceptors (Lipinski definition) is 4. The second-order valence-electron chi connectivity index (χ2n) is 5.46. The van der Waals surface area contributed by atoms with Crippen molar-refractivity contribution < 1.29 is 14.2 Å². The summed E-state index contributed by atoms with van der Waals surface area (Å²) < 4.78 is 17.9. The fraction of sp³-hybridized carbons (Fsp3) is 0.625. The molecule has 1 fully saturated rings. The van der Waals surface area contributed by atoms with Crippen LogP contribution in [0.2, 0.25) is 0 Å². The molecule has 0 aliphatic carbocycles. The molecule has 1 heterocycles. The van der Waals surface area contributed by atoms with Crippen LogP contribution in [0.25, 0.3) is 0 Å². The molecule has 0 bridgehead atoms. The molecule has 1 N–H and O–H groups in total. The molecule has 1 saturated heterocycles. The maximum Gasteiger partial charge on any atom is 0.141 e. The van der Waals surface area contributed by atoms with Gasteiger partial charge in [0.15, 0.2) is 0 Å². The molecule has 0 amide bonds. The third kappa shape index (κ3) is 3.20. The van der Waals surface area contributed by atoms with Gasteiger partial charge in [-0.15, -0.1) is 0 Å². The highest BCUT2D eigenvalue weighted by Crippen LogP contribution is 2.45. The summed E-state index contributed by atoms with van der Waals surface area (Å²) in [4.78, 5) is 0. The number of ether oxygens (including phenoxy) is 3. The quantitative estimate of drug-likeness (QED) is 0.842. The van der Waals surface area contributed by atoms with E-state index in [2.05, 4.69) is 41.2 Å². The van der Waals surface area contributed by atoms with Crippen molar-refractivity contribution in [3.05, 3.63) is 22.2 Å². The zero-order chi connectivity index (χ0) is 15.5. The zero-order valence-electron chi connectivity index (χ0n) is 13.2. The van der Waals surface area contributed by atoms with Gasteiger partial charge >= 0.3 is 0 Å². The minimum absolute atomic E-state index is 0.0853. The summed E-state index contributed by atoms with van der Waals surface area (Å²) in [7, 11) is 3.34. The van der Waals surface area contributed by atoms with Crippen LogP contribution in [0.4, 0.5) is 0 Å². The van der Waals surface area contributed by atoms with Gasteiger partial charge in [0.2, 0.25) is 0 Å². The number of benzene rings is 1. The topological polar surface area (TPSA) is 39.7 Å². The minimum atomic E-state index is -0.211. The van der Waals surface area contributed by atoms with Crippen molar-refractivity contribution in [1.29, 1.82) is 0 Å². The molecule has 21 heavy (non-hydrogen) atoms. The van der Waals surface area contributed by atoms with Crippen LogP contribution in [-0.4, -0.2) is 33.0 Å². The lowest BCUT2D eigenvalue weighted by atomic mass is 9.87. The van der Waals surface area contributed by atoms with Crippen molar-refractivity contribution in [2.24, 2.45) is 0 Å². The normalized spacial score (nSPS) is 23.1. The predicted molar refractivity (Wildman–Crippen MR) is 87.3 cm³/mol. The van der Waals surface area contributed by atoms with Crippen LogP contribution in [0, 0.1) is 0 Å². The van der Waals surface area contributed by atoms with E-state index in [0.29, 0.717) is 0 Å². The summed E-state index contributed by atoms with van der Waals surface area (Å²) in [5.74, 6) is 1.57. The Labute approximate surface area is 135 Å². The lowest BCUT2D eigenvalue weighted by Crippen LogP contribution is -2.41. The van der Waals surface area contributed by atoms with Gasteiger partial charge < -0.3 is 19.5 Å². The van der Waals surface area contributed by atoms with Gasteiger partial charge in [0, 0.05) is 12.2 Å². The molecule has 0 aromatic heterocycles. The highest BCUT2D eigenvalue weighted by atomic mass is 79.9. The maximum atomic E-state index is 6.04. The number of hydrogen-bond donors (Lipinski definition) is 1. The molecular formula is C16H24BrNO3. The van der Waals surface area contributed by atoms with Gasteiger partial charge in [0.25, 0.3) is 0 Å². The van der Waals surface area contributed by atoms with E-state index in [1.807, 2.05) is 6.07 Å². The average Bonchev–Trinajstić information content (AvgIpc) is 2.92. The Hall–Kier alpha value is -0.780. The molecule has 5 heteroatoms. The summed E-state index contributed by atoms with van der Waals surface area (Å²) in [6, 6.07) is 4.11. The van der Waals surface area contributed by atoms with Gasteiger partial charge in [0.1, 0.15) is 16.0 Å². The van der Waals surface area contributed by atoms with E-state index in [0.717, 1.165) is 47.5 Å².